The highest BCUT2D eigenvalue weighted by Gasteiger charge is 2.20. The Balaban J connectivity index is 2.03. The van der Waals surface area contributed by atoms with E-state index in [9.17, 15) is 9.59 Å². The normalized spacial score (nSPS) is 11.5. The molecule has 5 nitrogen and oxygen atoms in total. The third kappa shape index (κ3) is 4.26. The summed E-state index contributed by atoms with van der Waals surface area (Å²) in [5.74, 6) is -0.483. The Kier molecular flexibility index (Phi) is 5.82. The van der Waals surface area contributed by atoms with E-state index in [-0.39, 0.29) is 0 Å². The van der Waals surface area contributed by atoms with Crippen LogP contribution in [0.15, 0.2) is 42.5 Å². The van der Waals surface area contributed by atoms with Gasteiger partial charge < -0.3 is 14.8 Å². The highest BCUT2D eigenvalue weighted by molar-refractivity contribution is 6.33. The average Bonchev–Trinajstić information content (AvgIpc) is 2.57. The average molecular weight is 348 g/mol. The summed E-state index contributed by atoms with van der Waals surface area (Å²) >= 11 is 5.99. The maximum atomic E-state index is 12.2. The fraction of sp³-hybridized carbons (Fsp3) is 0.222. The lowest BCUT2D eigenvalue weighted by Crippen LogP contribution is -2.30. The quantitative estimate of drug-likeness (QED) is 0.834. The van der Waals surface area contributed by atoms with Crippen molar-refractivity contribution in [1.29, 1.82) is 0 Å². The molecule has 2 rings (SSSR count). The summed E-state index contributed by atoms with van der Waals surface area (Å²) in [6.07, 6.45) is -0.971. The van der Waals surface area contributed by atoms with Crippen LogP contribution < -0.4 is 10.1 Å². The minimum Gasteiger partial charge on any atom is -0.496 e. The zero-order chi connectivity index (χ0) is 17.7. The molecule has 0 aliphatic heterocycles. The van der Waals surface area contributed by atoms with E-state index in [0.717, 1.165) is 5.56 Å². The van der Waals surface area contributed by atoms with Crippen LogP contribution in [0.2, 0.25) is 5.02 Å². The molecule has 0 spiro atoms. The first-order valence-electron chi connectivity index (χ1n) is 7.33. The summed E-state index contributed by atoms with van der Waals surface area (Å²) in [4.78, 5) is 24.3. The lowest BCUT2D eigenvalue weighted by atomic mass is 10.1. The van der Waals surface area contributed by atoms with Crippen LogP contribution in [0.1, 0.15) is 22.8 Å². The Labute approximate surface area is 145 Å². The Morgan fingerprint density at radius 1 is 1.17 bits per heavy atom. The summed E-state index contributed by atoms with van der Waals surface area (Å²) < 4.78 is 10.4. The van der Waals surface area contributed by atoms with Crippen molar-refractivity contribution in [1.82, 2.24) is 0 Å². The molecule has 0 fully saturated rings. The second-order valence-electron chi connectivity index (χ2n) is 5.20. The number of hydrogen-bond donors (Lipinski definition) is 1. The molecule has 0 aromatic heterocycles. The molecule has 0 saturated heterocycles. The molecule has 0 aliphatic rings. The van der Waals surface area contributed by atoms with Crippen molar-refractivity contribution in [2.45, 2.75) is 20.0 Å². The molecule has 0 aliphatic carbocycles. The highest BCUT2D eigenvalue weighted by Crippen LogP contribution is 2.22. The van der Waals surface area contributed by atoms with Crippen LogP contribution in [0.4, 0.5) is 5.69 Å². The van der Waals surface area contributed by atoms with E-state index in [1.807, 2.05) is 6.92 Å². The fourth-order valence-corrected chi connectivity index (χ4v) is 2.21. The van der Waals surface area contributed by atoms with Gasteiger partial charge in [-0.2, -0.15) is 0 Å². The summed E-state index contributed by atoms with van der Waals surface area (Å²) in [5, 5.41) is 3.04. The number of para-hydroxylation sites is 1. The second-order valence-corrected chi connectivity index (χ2v) is 5.61. The predicted molar refractivity (Wildman–Crippen MR) is 92.7 cm³/mol. The number of anilines is 1. The van der Waals surface area contributed by atoms with E-state index < -0.39 is 18.0 Å². The minimum absolute atomic E-state index is 0.315. The van der Waals surface area contributed by atoms with Gasteiger partial charge in [0, 0.05) is 0 Å². The Hall–Kier alpha value is -2.53. The molecule has 0 unspecified atom stereocenters. The zero-order valence-electron chi connectivity index (χ0n) is 13.6. The molecule has 6 heteroatoms. The van der Waals surface area contributed by atoms with Crippen LogP contribution >= 0.6 is 11.6 Å². The van der Waals surface area contributed by atoms with Crippen molar-refractivity contribution in [3.05, 3.63) is 58.6 Å². The van der Waals surface area contributed by atoms with Gasteiger partial charge in [0.1, 0.15) is 5.75 Å². The number of methoxy groups -OCH3 is 1. The Morgan fingerprint density at radius 2 is 1.88 bits per heavy atom. The van der Waals surface area contributed by atoms with Crippen LogP contribution in [-0.2, 0) is 9.53 Å². The number of ether oxygens (including phenoxy) is 2. The minimum atomic E-state index is -0.971. The number of rotatable bonds is 5. The van der Waals surface area contributed by atoms with Gasteiger partial charge in [-0.05, 0) is 43.7 Å². The van der Waals surface area contributed by atoms with E-state index in [1.165, 1.54) is 14.0 Å². The Morgan fingerprint density at radius 3 is 2.54 bits per heavy atom. The van der Waals surface area contributed by atoms with E-state index in [4.69, 9.17) is 21.1 Å². The van der Waals surface area contributed by atoms with Gasteiger partial charge in [0.15, 0.2) is 6.10 Å². The zero-order valence-corrected chi connectivity index (χ0v) is 14.4. The maximum Gasteiger partial charge on any atom is 0.339 e. The first-order valence-corrected chi connectivity index (χ1v) is 7.71. The summed E-state index contributed by atoms with van der Waals surface area (Å²) in [6.45, 7) is 3.36. The fourth-order valence-electron chi connectivity index (χ4n) is 2.03. The molecule has 2 aromatic rings. The molecule has 0 saturated carbocycles. The largest absolute Gasteiger partial charge is 0.496 e. The summed E-state index contributed by atoms with van der Waals surface area (Å²) in [7, 11) is 1.52. The lowest BCUT2D eigenvalue weighted by Gasteiger charge is -2.14. The van der Waals surface area contributed by atoms with Crippen molar-refractivity contribution in [3.63, 3.8) is 0 Å². The first-order chi connectivity index (χ1) is 11.4. The van der Waals surface area contributed by atoms with Gasteiger partial charge in [-0.15, -0.1) is 0 Å². The van der Waals surface area contributed by atoms with Crippen molar-refractivity contribution < 1.29 is 19.1 Å². The Bertz CT molecular complexity index is 760. The van der Waals surface area contributed by atoms with Gasteiger partial charge in [-0.1, -0.05) is 29.8 Å². The number of hydrogen-bond acceptors (Lipinski definition) is 4. The predicted octanol–water partition coefficient (Wildman–Crippen LogP) is 3.84. The van der Waals surface area contributed by atoms with Crippen molar-refractivity contribution in [3.8, 4) is 5.75 Å². The molecule has 0 bridgehead atoms. The van der Waals surface area contributed by atoms with Gasteiger partial charge in [0.2, 0.25) is 0 Å². The number of esters is 1. The maximum absolute atomic E-state index is 12.2. The third-order valence-electron chi connectivity index (χ3n) is 3.43. The van der Waals surface area contributed by atoms with Crippen molar-refractivity contribution in [2.75, 3.05) is 12.4 Å². The number of carbonyl (C=O) groups excluding carboxylic acids is 2. The molecule has 1 atom stereocenters. The SMILES string of the molecule is COc1cc(C(=O)O[C@H](C)C(=O)Nc2ccccc2Cl)ccc1C. The van der Waals surface area contributed by atoms with Gasteiger partial charge in [0.25, 0.3) is 5.91 Å². The summed E-state index contributed by atoms with van der Waals surface area (Å²) in [5.41, 5.74) is 1.68. The van der Waals surface area contributed by atoms with Gasteiger partial charge in [0.05, 0.1) is 23.4 Å². The van der Waals surface area contributed by atoms with Crippen LogP contribution in [0.3, 0.4) is 0 Å². The molecule has 1 amide bonds. The standard InChI is InChI=1S/C18H18ClNO4/c1-11-8-9-13(10-16(11)23-3)18(22)24-12(2)17(21)20-15-7-5-4-6-14(15)19/h4-10,12H,1-3H3,(H,20,21)/t12-/m1/s1. The lowest BCUT2D eigenvalue weighted by molar-refractivity contribution is -0.123. The second kappa shape index (κ2) is 7.84. The number of carbonyl (C=O) groups is 2. The van der Waals surface area contributed by atoms with Crippen LogP contribution in [0, 0.1) is 6.92 Å². The highest BCUT2D eigenvalue weighted by atomic mass is 35.5. The van der Waals surface area contributed by atoms with Gasteiger partial charge >= 0.3 is 5.97 Å². The molecule has 126 valence electrons. The van der Waals surface area contributed by atoms with E-state index >= 15 is 0 Å². The molecular formula is C18H18ClNO4. The smallest absolute Gasteiger partial charge is 0.339 e. The van der Waals surface area contributed by atoms with Crippen LogP contribution in [0.25, 0.3) is 0 Å². The third-order valence-corrected chi connectivity index (χ3v) is 3.76. The molecule has 24 heavy (non-hydrogen) atoms. The van der Waals surface area contributed by atoms with E-state index in [1.54, 1.807) is 42.5 Å². The monoisotopic (exact) mass is 347 g/mol. The number of aryl methyl sites for hydroxylation is 1. The van der Waals surface area contributed by atoms with Crippen LogP contribution in [0.5, 0.6) is 5.75 Å². The molecule has 0 heterocycles. The van der Waals surface area contributed by atoms with Gasteiger partial charge in [-0.3, -0.25) is 4.79 Å². The van der Waals surface area contributed by atoms with Crippen molar-refractivity contribution >= 4 is 29.2 Å². The first kappa shape index (κ1) is 17.8. The molecular weight excluding hydrogens is 330 g/mol. The molecule has 0 radical (unpaired) electrons. The summed E-state index contributed by atoms with van der Waals surface area (Å²) in [6, 6.07) is 11.8. The number of benzene rings is 2. The molecule has 2 aromatic carbocycles. The van der Waals surface area contributed by atoms with Crippen LogP contribution in [-0.4, -0.2) is 25.1 Å². The van der Waals surface area contributed by atoms with E-state index in [0.29, 0.717) is 22.0 Å². The number of amides is 1. The van der Waals surface area contributed by atoms with E-state index in [2.05, 4.69) is 5.32 Å². The van der Waals surface area contributed by atoms with Gasteiger partial charge in [-0.25, -0.2) is 4.79 Å². The van der Waals surface area contributed by atoms with Crippen molar-refractivity contribution in [2.24, 2.45) is 0 Å². The number of halogens is 1. The number of nitrogens with one attached hydrogen (secondary N) is 1. The topological polar surface area (TPSA) is 64.6 Å². The molecule has 1 N–H and O–H groups in total.